The molecule has 1 amide bonds. The number of nitrogens with one attached hydrogen (secondary N) is 1. The molecule has 1 aromatic rings. The number of rotatable bonds is 4. The van der Waals surface area contributed by atoms with Crippen molar-refractivity contribution in [3.8, 4) is 0 Å². The fourth-order valence-corrected chi connectivity index (χ4v) is 5.64. The van der Waals surface area contributed by atoms with E-state index in [0.717, 1.165) is 4.90 Å². The third-order valence-electron chi connectivity index (χ3n) is 3.72. The van der Waals surface area contributed by atoms with Crippen LogP contribution in [0.2, 0.25) is 0 Å². The highest BCUT2D eigenvalue weighted by atomic mass is 35.5. The standard InChI is InChI=1S/C16H22ClNO3S2/c1-16(2,3)11-4-6-12(7-5-11)22-8-15(19)18-14-10-23(20,21)9-13(14)17/h4-7,13-14H,8-10H2,1-3H3,(H,18,19)/t13-,14-/m0/s1. The maximum atomic E-state index is 12.0. The fourth-order valence-electron chi connectivity index (χ4n) is 2.39. The average molecular weight is 376 g/mol. The summed E-state index contributed by atoms with van der Waals surface area (Å²) in [7, 11) is -3.13. The Balaban J connectivity index is 1.85. The fraction of sp³-hybridized carbons (Fsp3) is 0.562. The molecule has 2 rings (SSSR count). The normalized spacial score (nSPS) is 23.7. The second kappa shape index (κ2) is 7.03. The maximum Gasteiger partial charge on any atom is 0.230 e. The molecule has 0 bridgehead atoms. The van der Waals surface area contributed by atoms with E-state index in [4.69, 9.17) is 11.6 Å². The molecule has 0 radical (unpaired) electrons. The number of sulfone groups is 1. The molecule has 1 saturated heterocycles. The van der Waals surface area contributed by atoms with Gasteiger partial charge in [0.05, 0.1) is 28.7 Å². The lowest BCUT2D eigenvalue weighted by Gasteiger charge is -2.19. The van der Waals surface area contributed by atoms with Gasteiger partial charge in [0, 0.05) is 4.90 Å². The predicted molar refractivity (Wildman–Crippen MR) is 96.1 cm³/mol. The predicted octanol–water partition coefficient (Wildman–Crippen LogP) is 2.60. The van der Waals surface area contributed by atoms with E-state index in [0.29, 0.717) is 0 Å². The molecule has 128 valence electrons. The van der Waals surface area contributed by atoms with Crippen LogP contribution in [-0.2, 0) is 20.0 Å². The molecule has 1 heterocycles. The van der Waals surface area contributed by atoms with Crippen LogP contribution in [0.25, 0.3) is 0 Å². The number of carbonyl (C=O) groups is 1. The summed E-state index contributed by atoms with van der Waals surface area (Å²) in [5, 5.41) is 2.18. The highest BCUT2D eigenvalue weighted by Gasteiger charge is 2.37. The highest BCUT2D eigenvalue weighted by Crippen LogP contribution is 2.25. The van der Waals surface area contributed by atoms with Gasteiger partial charge in [-0.2, -0.15) is 0 Å². The van der Waals surface area contributed by atoms with E-state index < -0.39 is 21.3 Å². The highest BCUT2D eigenvalue weighted by molar-refractivity contribution is 8.00. The van der Waals surface area contributed by atoms with Crippen molar-refractivity contribution in [1.29, 1.82) is 0 Å². The third kappa shape index (κ3) is 5.40. The van der Waals surface area contributed by atoms with Crippen LogP contribution in [0, 0.1) is 0 Å². The first kappa shape index (κ1) is 18.6. The van der Waals surface area contributed by atoms with E-state index in [1.165, 1.54) is 17.3 Å². The SMILES string of the molecule is CC(C)(C)c1ccc(SCC(=O)N[C@H]2CS(=O)(=O)C[C@@H]2Cl)cc1. The van der Waals surface area contributed by atoms with Gasteiger partial charge in [0.2, 0.25) is 5.91 Å². The van der Waals surface area contributed by atoms with Crippen molar-refractivity contribution >= 4 is 39.1 Å². The van der Waals surface area contributed by atoms with Crippen molar-refractivity contribution in [1.82, 2.24) is 5.32 Å². The van der Waals surface area contributed by atoms with Crippen LogP contribution in [0.1, 0.15) is 26.3 Å². The number of carbonyl (C=O) groups excluding carboxylic acids is 1. The van der Waals surface area contributed by atoms with Crippen molar-refractivity contribution in [2.75, 3.05) is 17.3 Å². The van der Waals surface area contributed by atoms with Gasteiger partial charge in [-0.1, -0.05) is 32.9 Å². The number of thioether (sulfide) groups is 1. The zero-order valence-corrected chi connectivity index (χ0v) is 15.9. The van der Waals surface area contributed by atoms with Crippen LogP contribution in [0.4, 0.5) is 0 Å². The number of benzene rings is 1. The zero-order valence-electron chi connectivity index (χ0n) is 13.5. The van der Waals surface area contributed by atoms with E-state index in [2.05, 4.69) is 38.2 Å². The van der Waals surface area contributed by atoms with Gasteiger partial charge in [0.15, 0.2) is 9.84 Å². The second-order valence-electron chi connectivity index (χ2n) is 6.83. The summed E-state index contributed by atoms with van der Waals surface area (Å²) >= 11 is 7.41. The van der Waals surface area contributed by atoms with E-state index >= 15 is 0 Å². The molecule has 1 aliphatic heterocycles. The summed E-state index contributed by atoms with van der Waals surface area (Å²) in [4.78, 5) is 13.0. The van der Waals surface area contributed by atoms with Gasteiger partial charge in [-0.3, -0.25) is 4.79 Å². The molecule has 0 aliphatic carbocycles. The van der Waals surface area contributed by atoms with Crippen molar-refractivity contribution < 1.29 is 13.2 Å². The van der Waals surface area contributed by atoms with Crippen molar-refractivity contribution in [3.05, 3.63) is 29.8 Å². The van der Waals surface area contributed by atoms with Crippen LogP contribution >= 0.6 is 23.4 Å². The van der Waals surface area contributed by atoms with Crippen molar-refractivity contribution in [3.63, 3.8) is 0 Å². The lowest BCUT2D eigenvalue weighted by Crippen LogP contribution is -2.41. The van der Waals surface area contributed by atoms with Gasteiger partial charge in [-0.15, -0.1) is 23.4 Å². The quantitative estimate of drug-likeness (QED) is 0.649. The first-order valence-corrected chi connectivity index (χ1v) is 10.7. The van der Waals surface area contributed by atoms with E-state index in [1.807, 2.05) is 12.1 Å². The summed E-state index contributed by atoms with van der Waals surface area (Å²) in [6.07, 6.45) is 0. The Morgan fingerprint density at radius 2 is 1.87 bits per heavy atom. The molecule has 1 aliphatic rings. The van der Waals surface area contributed by atoms with Crippen molar-refractivity contribution in [2.24, 2.45) is 0 Å². The lowest BCUT2D eigenvalue weighted by atomic mass is 9.87. The Bertz CT molecular complexity index is 666. The number of hydrogen-bond donors (Lipinski definition) is 1. The van der Waals surface area contributed by atoms with Crippen LogP contribution in [0.3, 0.4) is 0 Å². The van der Waals surface area contributed by atoms with E-state index in [1.54, 1.807) is 0 Å². The first-order valence-electron chi connectivity index (χ1n) is 7.44. The molecule has 23 heavy (non-hydrogen) atoms. The van der Waals surface area contributed by atoms with Gasteiger partial charge < -0.3 is 5.32 Å². The Morgan fingerprint density at radius 3 is 2.35 bits per heavy atom. The summed E-state index contributed by atoms with van der Waals surface area (Å²) in [6, 6.07) is 7.65. The van der Waals surface area contributed by atoms with Crippen LogP contribution < -0.4 is 5.32 Å². The van der Waals surface area contributed by atoms with E-state index in [9.17, 15) is 13.2 Å². The second-order valence-corrected chi connectivity index (χ2v) is 10.6. The molecular weight excluding hydrogens is 354 g/mol. The van der Waals surface area contributed by atoms with Gasteiger partial charge in [-0.05, 0) is 23.1 Å². The number of alkyl halides is 1. The molecule has 1 N–H and O–H groups in total. The molecule has 0 saturated carbocycles. The summed E-state index contributed by atoms with van der Waals surface area (Å²) < 4.78 is 23.0. The minimum Gasteiger partial charge on any atom is -0.350 e. The topological polar surface area (TPSA) is 63.2 Å². The molecule has 2 atom stereocenters. The largest absolute Gasteiger partial charge is 0.350 e. The summed E-state index contributed by atoms with van der Waals surface area (Å²) in [6.45, 7) is 6.46. The Hall–Kier alpha value is -0.720. The zero-order chi connectivity index (χ0) is 17.3. The number of halogens is 1. The summed E-state index contributed by atoms with van der Waals surface area (Å²) in [5.41, 5.74) is 1.34. The summed E-state index contributed by atoms with van der Waals surface area (Å²) in [5.74, 6) is -0.0870. The molecule has 4 nitrogen and oxygen atoms in total. The molecule has 1 aromatic carbocycles. The molecule has 0 aromatic heterocycles. The van der Waals surface area contributed by atoms with E-state index in [-0.39, 0.29) is 28.6 Å². The minimum atomic E-state index is -3.13. The van der Waals surface area contributed by atoms with Crippen LogP contribution in [0.5, 0.6) is 0 Å². The van der Waals surface area contributed by atoms with Crippen LogP contribution in [0.15, 0.2) is 29.2 Å². The molecule has 1 fully saturated rings. The van der Waals surface area contributed by atoms with Gasteiger partial charge in [0.1, 0.15) is 0 Å². The average Bonchev–Trinajstić information content (AvgIpc) is 2.68. The number of hydrogen-bond acceptors (Lipinski definition) is 4. The van der Waals surface area contributed by atoms with Crippen LogP contribution in [-0.4, -0.2) is 43.0 Å². The molecule has 0 unspecified atom stereocenters. The Morgan fingerprint density at radius 1 is 1.26 bits per heavy atom. The van der Waals surface area contributed by atoms with Crippen molar-refractivity contribution in [2.45, 2.75) is 42.5 Å². The smallest absolute Gasteiger partial charge is 0.230 e. The molecule has 0 spiro atoms. The Kier molecular flexibility index (Phi) is 5.69. The third-order valence-corrected chi connectivity index (χ3v) is 7.11. The maximum absolute atomic E-state index is 12.0. The minimum absolute atomic E-state index is 0.0685. The monoisotopic (exact) mass is 375 g/mol. The molecular formula is C16H22ClNO3S2. The number of amides is 1. The van der Waals surface area contributed by atoms with Gasteiger partial charge in [-0.25, -0.2) is 8.42 Å². The van der Waals surface area contributed by atoms with Gasteiger partial charge >= 0.3 is 0 Å². The molecule has 7 heteroatoms. The Labute approximate surface area is 147 Å². The van der Waals surface area contributed by atoms with Gasteiger partial charge in [0.25, 0.3) is 0 Å². The lowest BCUT2D eigenvalue weighted by molar-refractivity contribution is -0.119. The first-order chi connectivity index (χ1) is 10.6.